The van der Waals surface area contributed by atoms with Crippen molar-refractivity contribution in [1.29, 1.82) is 0 Å². The zero-order valence-corrected chi connectivity index (χ0v) is 11.7. The number of benzene rings is 2. The molecule has 1 fully saturated rings. The van der Waals surface area contributed by atoms with Crippen LogP contribution in [0.2, 0.25) is 5.02 Å². The van der Waals surface area contributed by atoms with Crippen molar-refractivity contribution in [1.82, 2.24) is 0 Å². The van der Waals surface area contributed by atoms with Crippen molar-refractivity contribution in [2.45, 2.75) is 25.2 Å². The molecule has 0 atom stereocenters. The molecule has 1 aliphatic carbocycles. The minimum absolute atomic E-state index is 0.0844. The molecule has 2 aromatic carbocycles. The lowest BCUT2D eigenvalue weighted by Gasteiger charge is -2.27. The molecule has 1 saturated carbocycles. The fraction of sp³-hybridized carbons (Fsp3) is 0.235. The van der Waals surface area contributed by atoms with Gasteiger partial charge in [0.1, 0.15) is 5.82 Å². The summed E-state index contributed by atoms with van der Waals surface area (Å²) in [7, 11) is 0. The summed E-state index contributed by atoms with van der Waals surface area (Å²) in [6, 6.07) is 11.7. The molecule has 0 N–H and O–H groups in total. The van der Waals surface area contributed by atoms with Crippen LogP contribution >= 0.6 is 11.6 Å². The molecular weight excluding hydrogens is 275 g/mol. The van der Waals surface area contributed by atoms with E-state index in [1.165, 1.54) is 18.6 Å². The fourth-order valence-electron chi connectivity index (χ4n) is 2.60. The number of hydrogen-bond donors (Lipinski definition) is 0. The Kier molecular flexibility index (Phi) is 3.58. The van der Waals surface area contributed by atoms with Crippen LogP contribution in [-0.2, 0) is 0 Å². The molecule has 0 amide bonds. The summed E-state index contributed by atoms with van der Waals surface area (Å²) >= 11 is 5.73. The van der Waals surface area contributed by atoms with E-state index in [0.29, 0.717) is 16.5 Å². The van der Waals surface area contributed by atoms with Crippen molar-refractivity contribution in [3.63, 3.8) is 0 Å². The summed E-state index contributed by atoms with van der Waals surface area (Å²) in [5, 5.41) is 0.298. The van der Waals surface area contributed by atoms with E-state index >= 15 is 0 Å². The largest absolute Gasteiger partial charge is 0.288 e. The smallest absolute Gasteiger partial charge is 0.196 e. The third-order valence-corrected chi connectivity index (χ3v) is 4.16. The van der Waals surface area contributed by atoms with Crippen molar-refractivity contribution >= 4 is 17.4 Å². The lowest BCUT2D eigenvalue weighted by Crippen LogP contribution is -2.15. The topological polar surface area (TPSA) is 17.1 Å². The molecule has 0 spiro atoms. The van der Waals surface area contributed by atoms with Gasteiger partial charge in [-0.25, -0.2) is 4.39 Å². The molecule has 0 bridgehead atoms. The van der Waals surface area contributed by atoms with E-state index < -0.39 is 5.82 Å². The molecule has 0 aliphatic heterocycles. The first kappa shape index (κ1) is 13.3. The quantitative estimate of drug-likeness (QED) is 0.728. The number of carbonyl (C=O) groups is 1. The van der Waals surface area contributed by atoms with Crippen LogP contribution in [0.25, 0.3) is 0 Å². The molecule has 0 saturated heterocycles. The Hall–Kier alpha value is -1.67. The van der Waals surface area contributed by atoms with E-state index in [1.807, 2.05) is 18.2 Å². The molecule has 102 valence electrons. The summed E-state index contributed by atoms with van der Waals surface area (Å²) in [5.41, 5.74) is 1.73. The highest BCUT2D eigenvalue weighted by Gasteiger charge is 2.25. The van der Waals surface area contributed by atoms with Gasteiger partial charge in [0, 0.05) is 10.6 Å². The third-order valence-electron chi connectivity index (χ3n) is 3.93. The van der Waals surface area contributed by atoms with Gasteiger partial charge in [-0.2, -0.15) is 0 Å². The van der Waals surface area contributed by atoms with Gasteiger partial charge in [-0.15, -0.1) is 0 Å². The van der Waals surface area contributed by atoms with E-state index in [0.717, 1.165) is 18.4 Å². The first-order chi connectivity index (χ1) is 9.66. The highest BCUT2D eigenvalue weighted by Crippen LogP contribution is 2.38. The molecule has 3 heteroatoms. The Morgan fingerprint density at radius 3 is 2.50 bits per heavy atom. The van der Waals surface area contributed by atoms with Crippen molar-refractivity contribution in [2.24, 2.45) is 0 Å². The SMILES string of the molecule is O=C(c1ccc(Cl)cc1F)c1ccccc1C1CCC1. The molecule has 0 aromatic heterocycles. The first-order valence-electron chi connectivity index (χ1n) is 6.75. The van der Waals surface area contributed by atoms with Crippen LogP contribution in [0.15, 0.2) is 42.5 Å². The summed E-state index contributed by atoms with van der Waals surface area (Å²) in [6.45, 7) is 0. The van der Waals surface area contributed by atoms with Gasteiger partial charge in [0.25, 0.3) is 0 Å². The molecule has 0 unspecified atom stereocenters. The number of halogens is 2. The monoisotopic (exact) mass is 288 g/mol. The molecule has 2 aromatic rings. The van der Waals surface area contributed by atoms with Crippen molar-refractivity contribution in [3.8, 4) is 0 Å². The molecule has 1 nitrogen and oxygen atoms in total. The predicted molar refractivity (Wildman–Crippen MR) is 77.9 cm³/mol. The van der Waals surface area contributed by atoms with Crippen LogP contribution in [0.5, 0.6) is 0 Å². The second kappa shape index (κ2) is 5.37. The van der Waals surface area contributed by atoms with Crippen LogP contribution in [0.3, 0.4) is 0 Å². The van der Waals surface area contributed by atoms with Crippen LogP contribution in [0, 0.1) is 5.82 Å². The third kappa shape index (κ3) is 2.36. The standard InChI is InChI=1S/C17H14ClFO/c18-12-8-9-15(16(19)10-12)17(20)14-7-2-1-6-13(14)11-4-3-5-11/h1-2,6-11H,3-5H2. The summed E-state index contributed by atoms with van der Waals surface area (Å²) in [6.07, 6.45) is 3.41. The van der Waals surface area contributed by atoms with Gasteiger partial charge in [-0.05, 0) is 42.5 Å². The van der Waals surface area contributed by atoms with Crippen LogP contribution in [-0.4, -0.2) is 5.78 Å². The van der Waals surface area contributed by atoms with E-state index in [2.05, 4.69) is 0 Å². The average Bonchev–Trinajstić information content (AvgIpc) is 2.37. The second-order valence-corrected chi connectivity index (χ2v) is 5.60. The van der Waals surface area contributed by atoms with E-state index in [1.54, 1.807) is 12.1 Å². The lowest BCUT2D eigenvalue weighted by atomic mass is 9.77. The normalized spacial score (nSPS) is 14.9. The van der Waals surface area contributed by atoms with Gasteiger partial charge in [-0.3, -0.25) is 4.79 Å². The fourth-order valence-corrected chi connectivity index (χ4v) is 2.76. The van der Waals surface area contributed by atoms with Crippen LogP contribution in [0.1, 0.15) is 46.7 Å². The Labute approximate surface area is 122 Å². The molecule has 1 aliphatic rings. The molecule has 0 radical (unpaired) electrons. The lowest BCUT2D eigenvalue weighted by molar-refractivity contribution is 0.103. The molecule has 3 rings (SSSR count). The van der Waals surface area contributed by atoms with Gasteiger partial charge in [0.05, 0.1) is 5.56 Å². The van der Waals surface area contributed by atoms with Crippen molar-refractivity contribution < 1.29 is 9.18 Å². The minimum atomic E-state index is -0.564. The minimum Gasteiger partial charge on any atom is -0.288 e. The van der Waals surface area contributed by atoms with Gasteiger partial charge in [0.2, 0.25) is 0 Å². The van der Waals surface area contributed by atoms with E-state index in [4.69, 9.17) is 11.6 Å². The van der Waals surface area contributed by atoms with E-state index in [-0.39, 0.29) is 11.3 Å². The highest BCUT2D eigenvalue weighted by molar-refractivity contribution is 6.30. The first-order valence-corrected chi connectivity index (χ1v) is 7.13. The van der Waals surface area contributed by atoms with Gasteiger partial charge in [0.15, 0.2) is 5.78 Å². The van der Waals surface area contributed by atoms with Crippen molar-refractivity contribution in [2.75, 3.05) is 0 Å². The maximum atomic E-state index is 13.9. The van der Waals surface area contributed by atoms with Crippen LogP contribution < -0.4 is 0 Å². The molecular formula is C17H14ClFO. The Balaban J connectivity index is 2.02. The summed E-state index contributed by atoms with van der Waals surface area (Å²) in [4.78, 5) is 12.6. The average molecular weight is 289 g/mol. The number of hydrogen-bond acceptors (Lipinski definition) is 1. The summed E-state index contributed by atoms with van der Waals surface area (Å²) < 4.78 is 13.9. The summed E-state index contributed by atoms with van der Waals surface area (Å²) in [5.74, 6) is -0.391. The highest BCUT2D eigenvalue weighted by atomic mass is 35.5. The molecule has 0 heterocycles. The zero-order chi connectivity index (χ0) is 14.1. The number of ketones is 1. The maximum absolute atomic E-state index is 13.9. The van der Waals surface area contributed by atoms with Crippen LogP contribution in [0.4, 0.5) is 4.39 Å². The molecule has 20 heavy (non-hydrogen) atoms. The zero-order valence-electron chi connectivity index (χ0n) is 10.9. The second-order valence-electron chi connectivity index (χ2n) is 5.17. The van der Waals surface area contributed by atoms with Gasteiger partial charge < -0.3 is 0 Å². The Morgan fingerprint density at radius 1 is 1.10 bits per heavy atom. The Bertz CT molecular complexity index is 662. The Morgan fingerprint density at radius 2 is 1.85 bits per heavy atom. The maximum Gasteiger partial charge on any atom is 0.196 e. The number of carbonyl (C=O) groups excluding carboxylic acids is 1. The predicted octanol–water partition coefficient (Wildman–Crippen LogP) is 4.98. The van der Waals surface area contributed by atoms with Gasteiger partial charge in [-0.1, -0.05) is 42.3 Å². The van der Waals surface area contributed by atoms with Crippen molar-refractivity contribution in [3.05, 3.63) is 70.0 Å². The number of rotatable bonds is 3. The van der Waals surface area contributed by atoms with Gasteiger partial charge >= 0.3 is 0 Å². The van der Waals surface area contributed by atoms with E-state index in [9.17, 15) is 9.18 Å².